The molecule has 0 unspecified atom stereocenters. The second-order valence-corrected chi connectivity index (χ2v) is 5.60. The number of likely N-dealkylation sites (tertiary alicyclic amines) is 1. The number of carbonyl (C=O) groups excluding carboxylic acids is 2. The minimum atomic E-state index is -0.00310. The Morgan fingerprint density at radius 2 is 2.25 bits per heavy atom. The van der Waals surface area contributed by atoms with Gasteiger partial charge < -0.3 is 19.7 Å². The molecule has 2 heterocycles. The smallest absolute Gasteiger partial charge is 0.222 e. The molecule has 0 bridgehead atoms. The second-order valence-electron chi connectivity index (χ2n) is 5.60. The molecule has 0 saturated carbocycles. The lowest BCUT2D eigenvalue weighted by Crippen LogP contribution is -2.44. The maximum absolute atomic E-state index is 11.8. The molecular formula is C14H24N2O4. The van der Waals surface area contributed by atoms with Crippen molar-refractivity contribution in [1.29, 1.82) is 0 Å². The Balaban J connectivity index is 1.78. The van der Waals surface area contributed by atoms with Crippen molar-refractivity contribution >= 4 is 11.8 Å². The zero-order valence-corrected chi connectivity index (χ0v) is 12.3. The molecule has 2 aliphatic rings. The fraction of sp³-hybridized carbons (Fsp3) is 0.857. The number of fused-ring (bicyclic) bond motifs is 1. The van der Waals surface area contributed by atoms with Crippen molar-refractivity contribution in [1.82, 2.24) is 10.2 Å². The predicted molar refractivity (Wildman–Crippen MR) is 73.1 cm³/mol. The van der Waals surface area contributed by atoms with Crippen molar-refractivity contribution in [3.8, 4) is 0 Å². The molecule has 0 spiro atoms. The number of nitrogens with zero attached hydrogens (tertiary/aromatic N) is 1. The molecule has 114 valence electrons. The summed E-state index contributed by atoms with van der Waals surface area (Å²) < 4.78 is 10.7. The number of hydrogen-bond donors (Lipinski definition) is 1. The summed E-state index contributed by atoms with van der Waals surface area (Å²) in [5, 5.41) is 2.82. The van der Waals surface area contributed by atoms with Gasteiger partial charge in [0.25, 0.3) is 0 Å². The van der Waals surface area contributed by atoms with E-state index < -0.39 is 0 Å². The normalized spacial score (nSPS) is 29.1. The van der Waals surface area contributed by atoms with Gasteiger partial charge in [-0.25, -0.2) is 0 Å². The van der Waals surface area contributed by atoms with E-state index in [0.29, 0.717) is 38.0 Å². The number of rotatable bonds is 5. The van der Waals surface area contributed by atoms with E-state index in [1.807, 2.05) is 4.90 Å². The maximum Gasteiger partial charge on any atom is 0.222 e. The average molecular weight is 284 g/mol. The standard InChI is InChI=1S/C14H24N2O4/c1-10(17)16-5-3-12-11(8-16)9-20-13(12)7-14(18)15-4-6-19-2/h11-13H,3-9H2,1-2H3,(H,15,18)/t11-,12-,13+/m1/s1. The lowest BCUT2D eigenvalue weighted by atomic mass is 9.83. The molecule has 6 heteroatoms. The summed E-state index contributed by atoms with van der Waals surface area (Å²) in [4.78, 5) is 25.1. The maximum atomic E-state index is 11.8. The van der Waals surface area contributed by atoms with Gasteiger partial charge in [0.15, 0.2) is 0 Å². The molecule has 0 aromatic rings. The van der Waals surface area contributed by atoms with Crippen LogP contribution in [-0.4, -0.2) is 62.8 Å². The molecule has 0 aromatic carbocycles. The molecule has 6 nitrogen and oxygen atoms in total. The first kappa shape index (κ1) is 15.3. The number of ether oxygens (including phenoxy) is 2. The molecule has 1 N–H and O–H groups in total. The highest BCUT2D eigenvalue weighted by Crippen LogP contribution is 2.35. The summed E-state index contributed by atoms with van der Waals surface area (Å²) >= 11 is 0. The number of hydrogen-bond acceptors (Lipinski definition) is 4. The van der Waals surface area contributed by atoms with E-state index in [9.17, 15) is 9.59 Å². The van der Waals surface area contributed by atoms with Gasteiger partial charge >= 0.3 is 0 Å². The highest BCUT2D eigenvalue weighted by Gasteiger charge is 2.41. The average Bonchev–Trinajstić information content (AvgIpc) is 2.81. The molecule has 2 rings (SSSR count). The quantitative estimate of drug-likeness (QED) is 0.723. The minimum absolute atomic E-state index is 0.00310. The Kier molecular flexibility index (Phi) is 5.37. The van der Waals surface area contributed by atoms with Crippen molar-refractivity contribution in [3.63, 3.8) is 0 Å². The summed E-state index contributed by atoms with van der Waals surface area (Å²) in [6.07, 6.45) is 1.34. The molecule has 2 amide bonds. The Labute approximate surface area is 119 Å². The molecule has 2 fully saturated rings. The fourth-order valence-electron chi connectivity index (χ4n) is 3.13. The highest BCUT2D eigenvalue weighted by molar-refractivity contribution is 5.76. The fourth-order valence-corrected chi connectivity index (χ4v) is 3.13. The van der Waals surface area contributed by atoms with Crippen molar-refractivity contribution in [2.24, 2.45) is 11.8 Å². The van der Waals surface area contributed by atoms with E-state index in [1.165, 1.54) is 0 Å². The van der Waals surface area contributed by atoms with Gasteiger partial charge in [-0.15, -0.1) is 0 Å². The molecule has 2 saturated heterocycles. The molecule has 2 aliphatic heterocycles. The number of nitrogens with one attached hydrogen (secondary N) is 1. The largest absolute Gasteiger partial charge is 0.383 e. The Morgan fingerprint density at radius 3 is 2.95 bits per heavy atom. The summed E-state index contributed by atoms with van der Waals surface area (Å²) in [7, 11) is 1.61. The van der Waals surface area contributed by atoms with Crippen LogP contribution in [0.4, 0.5) is 0 Å². The third-order valence-electron chi connectivity index (χ3n) is 4.25. The zero-order valence-electron chi connectivity index (χ0n) is 12.3. The first-order valence-electron chi connectivity index (χ1n) is 7.24. The Hall–Kier alpha value is -1.14. The zero-order chi connectivity index (χ0) is 14.5. The van der Waals surface area contributed by atoms with Crippen LogP contribution >= 0.6 is 0 Å². The van der Waals surface area contributed by atoms with Gasteiger partial charge in [0.1, 0.15) is 0 Å². The molecule has 0 radical (unpaired) electrons. The topological polar surface area (TPSA) is 67.9 Å². The van der Waals surface area contributed by atoms with E-state index in [2.05, 4.69) is 5.32 Å². The summed E-state index contributed by atoms with van der Waals surface area (Å²) in [6.45, 7) is 4.87. The van der Waals surface area contributed by atoms with Crippen LogP contribution in [-0.2, 0) is 19.1 Å². The monoisotopic (exact) mass is 284 g/mol. The predicted octanol–water partition coefficient (Wildman–Crippen LogP) is 0.0225. The van der Waals surface area contributed by atoms with Crippen LogP contribution < -0.4 is 5.32 Å². The van der Waals surface area contributed by atoms with Gasteiger partial charge in [0.2, 0.25) is 11.8 Å². The number of carbonyl (C=O) groups is 2. The van der Waals surface area contributed by atoms with E-state index >= 15 is 0 Å². The molecule has 0 aliphatic carbocycles. The van der Waals surface area contributed by atoms with Crippen LogP contribution in [0.15, 0.2) is 0 Å². The van der Waals surface area contributed by atoms with Crippen molar-refractivity contribution in [2.75, 3.05) is 40.0 Å². The Morgan fingerprint density at radius 1 is 1.45 bits per heavy atom. The van der Waals surface area contributed by atoms with E-state index in [1.54, 1.807) is 14.0 Å². The van der Waals surface area contributed by atoms with Crippen LogP contribution in [0.3, 0.4) is 0 Å². The van der Waals surface area contributed by atoms with Gasteiger partial charge in [-0.3, -0.25) is 9.59 Å². The van der Waals surface area contributed by atoms with Crippen LogP contribution in [0.25, 0.3) is 0 Å². The number of methoxy groups -OCH3 is 1. The first-order chi connectivity index (χ1) is 9.61. The van der Waals surface area contributed by atoms with Crippen LogP contribution in [0, 0.1) is 11.8 Å². The Bertz CT molecular complexity index is 361. The summed E-state index contributed by atoms with van der Waals surface area (Å²) in [5.74, 6) is 0.925. The SMILES string of the molecule is COCCNC(=O)C[C@@H]1OC[C@H]2CN(C(C)=O)CC[C@H]21. The van der Waals surface area contributed by atoms with Crippen LogP contribution in [0.2, 0.25) is 0 Å². The van der Waals surface area contributed by atoms with Gasteiger partial charge in [-0.1, -0.05) is 0 Å². The van der Waals surface area contributed by atoms with E-state index in [4.69, 9.17) is 9.47 Å². The van der Waals surface area contributed by atoms with Crippen molar-refractivity contribution < 1.29 is 19.1 Å². The molecule has 3 atom stereocenters. The summed E-state index contributed by atoms with van der Waals surface area (Å²) in [5.41, 5.74) is 0. The molecule has 0 aromatic heterocycles. The van der Waals surface area contributed by atoms with E-state index in [0.717, 1.165) is 19.5 Å². The van der Waals surface area contributed by atoms with Crippen LogP contribution in [0.5, 0.6) is 0 Å². The number of piperidine rings is 1. The number of amides is 2. The third-order valence-corrected chi connectivity index (χ3v) is 4.25. The lowest BCUT2D eigenvalue weighted by Gasteiger charge is -2.35. The van der Waals surface area contributed by atoms with Crippen molar-refractivity contribution in [3.05, 3.63) is 0 Å². The van der Waals surface area contributed by atoms with Gasteiger partial charge in [-0.2, -0.15) is 0 Å². The molecule has 20 heavy (non-hydrogen) atoms. The lowest BCUT2D eigenvalue weighted by molar-refractivity contribution is -0.131. The van der Waals surface area contributed by atoms with Crippen LogP contribution in [0.1, 0.15) is 19.8 Å². The minimum Gasteiger partial charge on any atom is -0.383 e. The molecular weight excluding hydrogens is 260 g/mol. The first-order valence-corrected chi connectivity index (χ1v) is 7.24. The van der Waals surface area contributed by atoms with Crippen molar-refractivity contribution in [2.45, 2.75) is 25.9 Å². The highest BCUT2D eigenvalue weighted by atomic mass is 16.5. The van der Waals surface area contributed by atoms with Gasteiger partial charge in [-0.05, 0) is 12.3 Å². The summed E-state index contributed by atoms with van der Waals surface area (Å²) in [6, 6.07) is 0. The van der Waals surface area contributed by atoms with Gasteiger partial charge in [0.05, 0.1) is 25.7 Å². The van der Waals surface area contributed by atoms with E-state index in [-0.39, 0.29) is 17.9 Å². The second kappa shape index (κ2) is 7.04. The third kappa shape index (κ3) is 3.70. The van der Waals surface area contributed by atoms with Gasteiger partial charge in [0, 0.05) is 39.6 Å².